The molecule has 1 aliphatic heterocycles. The molecular formula is C12H16N6O3. The Morgan fingerprint density at radius 1 is 1.57 bits per heavy atom. The van der Waals surface area contributed by atoms with Gasteiger partial charge in [0, 0.05) is 25.7 Å². The van der Waals surface area contributed by atoms with E-state index in [1.165, 1.54) is 10.7 Å². The van der Waals surface area contributed by atoms with Gasteiger partial charge in [-0.3, -0.25) is 0 Å². The van der Waals surface area contributed by atoms with Crippen LogP contribution in [0.25, 0.3) is 5.65 Å². The summed E-state index contributed by atoms with van der Waals surface area (Å²) in [7, 11) is 0. The van der Waals surface area contributed by atoms with E-state index in [1.807, 2.05) is 4.90 Å². The highest BCUT2D eigenvalue weighted by atomic mass is 16.5. The van der Waals surface area contributed by atoms with Crippen molar-refractivity contribution in [3.05, 3.63) is 22.9 Å². The molecular weight excluding hydrogens is 276 g/mol. The van der Waals surface area contributed by atoms with Crippen molar-refractivity contribution in [3.63, 3.8) is 0 Å². The summed E-state index contributed by atoms with van der Waals surface area (Å²) in [5.41, 5.74) is 0.123. The predicted octanol–water partition coefficient (Wildman–Crippen LogP) is -1.24. The second kappa shape index (κ2) is 5.52. The van der Waals surface area contributed by atoms with Crippen molar-refractivity contribution in [2.45, 2.75) is 13.0 Å². The van der Waals surface area contributed by atoms with E-state index in [2.05, 4.69) is 20.5 Å². The maximum Gasteiger partial charge on any atom is 0.348 e. The number of hydrogen-bond acceptors (Lipinski definition) is 7. The van der Waals surface area contributed by atoms with Gasteiger partial charge in [0.1, 0.15) is 18.2 Å². The average molecular weight is 292 g/mol. The Labute approximate surface area is 119 Å². The van der Waals surface area contributed by atoms with Gasteiger partial charge in [-0.05, 0) is 6.92 Å². The molecule has 3 rings (SSSR count). The third kappa shape index (κ3) is 2.47. The summed E-state index contributed by atoms with van der Waals surface area (Å²) in [6, 6.07) is 1.24. The fourth-order valence-electron chi connectivity index (χ4n) is 2.38. The minimum atomic E-state index is -0.431. The van der Waals surface area contributed by atoms with Crippen LogP contribution >= 0.6 is 0 Å². The van der Waals surface area contributed by atoms with Crippen LogP contribution in [-0.4, -0.2) is 57.8 Å². The van der Waals surface area contributed by atoms with Gasteiger partial charge >= 0.3 is 11.7 Å². The first-order chi connectivity index (χ1) is 10.2. The van der Waals surface area contributed by atoms with Crippen LogP contribution in [0.4, 0.5) is 5.82 Å². The maximum atomic E-state index is 12.0. The SMILES string of the molecule is CCOC(=O)C1CNCCN1c1cc2n[nH]c(=O)n2cn1. The number of aromatic nitrogens is 4. The number of carbonyl (C=O) groups is 1. The number of esters is 1. The summed E-state index contributed by atoms with van der Waals surface area (Å²) in [5.74, 6) is 0.312. The van der Waals surface area contributed by atoms with E-state index in [1.54, 1.807) is 13.0 Å². The van der Waals surface area contributed by atoms with Gasteiger partial charge in [-0.15, -0.1) is 0 Å². The first kappa shape index (κ1) is 13.6. The summed E-state index contributed by atoms with van der Waals surface area (Å²) in [5, 5.41) is 9.43. The fourth-order valence-corrected chi connectivity index (χ4v) is 2.38. The van der Waals surface area contributed by atoms with Crippen molar-refractivity contribution >= 4 is 17.4 Å². The number of fused-ring (bicyclic) bond motifs is 1. The minimum Gasteiger partial charge on any atom is -0.464 e. The second-order valence-corrected chi connectivity index (χ2v) is 4.67. The Hall–Kier alpha value is -2.42. The number of piperazine rings is 1. The molecule has 1 aliphatic rings. The number of hydrogen-bond donors (Lipinski definition) is 2. The molecule has 0 aliphatic carbocycles. The van der Waals surface area contributed by atoms with Crippen LogP contribution in [0.15, 0.2) is 17.2 Å². The molecule has 2 aromatic heterocycles. The van der Waals surface area contributed by atoms with Crippen molar-refractivity contribution < 1.29 is 9.53 Å². The van der Waals surface area contributed by atoms with Gasteiger partial charge in [-0.1, -0.05) is 0 Å². The van der Waals surface area contributed by atoms with Gasteiger partial charge in [0.15, 0.2) is 5.65 Å². The number of nitrogens with zero attached hydrogens (tertiary/aromatic N) is 4. The molecule has 1 unspecified atom stereocenters. The van der Waals surface area contributed by atoms with Gasteiger partial charge < -0.3 is 15.0 Å². The molecule has 1 saturated heterocycles. The Morgan fingerprint density at radius 3 is 3.24 bits per heavy atom. The number of H-pyrrole nitrogens is 1. The number of rotatable bonds is 3. The van der Waals surface area contributed by atoms with E-state index >= 15 is 0 Å². The molecule has 112 valence electrons. The van der Waals surface area contributed by atoms with Crippen LogP contribution in [-0.2, 0) is 9.53 Å². The molecule has 1 atom stereocenters. The number of ether oxygens (including phenoxy) is 1. The monoisotopic (exact) mass is 292 g/mol. The highest BCUT2D eigenvalue weighted by molar-refractivity contribution is 5.80. The summed E-state index contributed by atoms with van der Waals surface area (Å²) in [6.45, 7) is 3.99. The van der Waals surface area contributed by atoms with Gasteiger partial charge in [-0.25, -0.2) is 24.1 Å². The van der Waals surface area contributed by atoms with Gasteiger partial charge in [-0.2, -0.15) is 5.10 Å². The lowest BCUT2D eigenvalue weighted by molar-refractivity contribution is -0.144. The largest absolute Gasteiger partial charge is 0.464 e. The van der Waals surface area contributed by atoms with Gasteiger partial charge in [0.2, 0.25) is 0 Å². The predicted molar refractivity (Wildman–Crippen MR) is 74.2 cm³/mol. The van der Waals surface area contributed by atoms with Crippen molar-refractivity contribution in [3.8, 4) is 0 Å². The Morgan fingerprint density at radius 2 is 2.43 bits per heavy atom. The normalized spacial score (nSPS) is 18.9. The lowest BCUT2D eigenvalue weighted by Crippen LogP contribution is -2.56. The van der Waals surface area contributed by atoms with Crippen LogP contribution in [0.1, 0.15) is 6.92 Å². The lowest BCUT2D eigenvalue weighted by Gasteiger charge is -2.35. The molecule has 2 aromatic rings. The summed E-state index contributed by atoms with van der Waals surface area (Å²) in [6.07, 6.45) is 1.40. The number of anilines is 1. The third-order valence-corrected chi connectivity index (χ3v) is 3.39. The number of carbonyl (C=O) groups excluding carboxylic acids is 1. The standard InChI is InChI=1S/C12H16N6O3/c1-2-21-11(19)8-6-13-3-4-17(8)9-5-10-15-16-12(20)18(10)7-14-9/h5,7-8,13H,2-4,6H2,1H3,(H,16,20). The van der Waals surface area contributed by atoms with Crippen molar-refractivity contribution in [1.29, 1.82) is 0 Å². The van der Waals surface area contributed by atoms with Crippen LogP contribution < -0.4 is 15.9 Å². The third-order valence-electron chi connectivity index (χ3n) is 3.39. The van der Waals surface area contributed by atoms with Crippen LogP contribution in [0, 0.1) is 0 Å². The maximum absolute atomic E-state index is 12.0. The Balaban J connectivity index is 1.93. The topological polar surface area (TPSA) is 105 Å². The highest BCUT2D eigenvalue weighted by Gasteiger charge is 2.31. The zero-order valence-corrected chi connectivity index (χ0v) is 11.6. The highest BCUT2D eigenvalue weighted by Crippen LogP contribution is 2.17. The van der Waals surface area contributed by atoms with Crippen LogP contribution in [0.2, 0.25) is 0 Å². The van der Waals surface area contributed by atoms with Crippen LogP contribution in [0.5, 0.6) is 0 Å². The molecule has 0 amide bonds. The van der Waals surface area contributed by atoms with Crippen LogP contribution in [0.3, 0.4) is 0 Å². The molecule has 1 fully saturated rings. The summed E-state index contributed by atoms with van der Waals surface area (Å²) < 4.78 is 6.41. The molecule has 2 N–H and O–H groups in total. The molecule has 0 radical (unpaired) electrons. The van der Waals surface area contributed by atoms with Crippen molar-refractivity contribution in [2.24, 2.45) is 0 Å². The molecule has 0 saturated carbocycles. The first-order valence-electron chi connectivity index (χ1n) is 6.77. The van der Waals surface area contributed by atoms with E-state index in [4.69, 9.17) is 4.74 Å². The van der Waals surface area contributed by atoms with Crippen molar-refractivity contribution in [2.75, 3.05) is 31.1 Å². The van der Waals surface area contributed by atoms with E-state index in [0.29, 0.717) is 31.2 Å². The van der Waals surface area contributed by atoms with E-state index in [9.17, 15) is 9.59 Å². The summed E-state index contributed by atoms with van der Waals surface area (Å²) >= 11 is 0. The average Bonchev–Trinajstić information content (AvgIpc) is 2.88. The molecule has 9 nitrogen and oxygen atoms in total. The molecule has 0 spiro atoms. The Kier molecular flexibility index (Phi) is 3.57. The van der Waals surface area contributed by atoms with E-state index in [-0.39, 0.29) is 11.7 Å². The number of nitrogens with one attached hydrogen (secondary N) is 2. The number of aromatic amines is 1. The molecule has 0 aromatic carbocycles. The smallest absolute Gasteiger partial charge is 0.348 e. The quantitative estimate of drug-likeness (QED) is 0.682. The first-order valence-corrected chi connectivity index (χ1v) is 6.77. The zero-order chi connectivity index (χ0) is 14.8. The second-order valence-electron chi connectivity index (χ2n) is 4.67. The van der Waals surface area contributed by atoms with E-state index in [0.717, 1.165) is 6.54 Å². The lowest BCUT2D eigenvalue weighted by atomic mass is 10.2. The fraction of sp³-hybridized carbons (Fsp3) is 0.500. The van der Waals surface area contributed by atoms with E-state index < -0.39 is 6.04 Å². The van der Waals surface area contributed by atoms with Gasteiger partial charge in [0.05, 0.1) is 6.61 Å². The molecule has 0 bridgehead atoms. The summed E-state index contributed by atoms with van der Waals surface area (Å²) in [4.78, 5) is 29.6. The van der Waals surface area contributed by atoms with Crippen molar-refractivity contribution in [1.82, 2.24) is 24.9 Å². The van der Waals surface area contributed by atoms with Gasteiger partial charge in [0.25, 0.3) is 0 Å². The molecule has 3 heterocycles. The molecule has 9 heteroatoms. The minimum absolute atomic E-state index is 0.286. The molecule has 21 heavy (non-hydrogen) atoms. The Bertz CT molecular complexity index is 708. The zero-order valence-electron chi connectivity index (χ0n) is 11.6.